The quantitative estimate of drug-likeness (QED) is 0.502. The zero-order chi connectivity index (χ0) is 9.14. The minimum Gasteiger partial charge on any atom is -0.740 e. The lowest BCUT2D eigenvalue weighted by atomic mass is 10.3. The van der Waals surface area contributed by atoms with Crippen molar-refractivity contribution in [2.75, 3.05) is 11.5 Å². The lowest BCUT2D eigenvalue weighted by Gasteiger charge is -2.09. The average Bonchev–Trinajstić information content (AvgIpc) is 1.94. The molecule has 0 aliphatic heterocycles. The Morgan fingerprint density at radius 1 is 1.42 bits per heavy atom. The Bertz CT molecular complexity index is 316. The van der Waals surface area contributed by atoms with Crippen LogP contribution in [0.2, 0.25) is 0 Å². The van der Waals surface area contributed by atoms with Gasteiger partial charge in [-0.1, -0.05) is 0 Å². The smallest absolute Gasteiger partial charge is 0.162 e. The lowest BCUT2D eigenvalue weighted by Crippen LogP contribution is -2.01. The van der Waals surface area contributed by atoms with Crippen molar-refractivity contribution in [3.8, 4) is 5.75 Å². The lowest BCUT2D eigenvalue weighted by molar-refractivity contribution is 0.441. The van der Waals surface area contributed by atoms with Crippen LogP contribution in [-0.2, 0) is 11.4 Å². The van der Waals surface area contributed by atoms with E-state index in [1.165, 1.54) is 18.2 Å². The number of hydrogen-bond acceptors (Lipinski definition) is 5. The number of anilines is 2. The molecule has 66 valence electrons. The Hall–Kier alpha value is -1.27. The number of rotatable bonds is 2. The molecule has 0 amide bonds. The van der Waals surface area contributed by atoms with Crippen molar-refractivity contribution in [2.24, 2.45) is 0 Å². The molecule has 1 atom stereocenters. The molecule has 1 aromatic rings. The summed E-state index contributed by atoms with van der Waals surface area (Å²) in [5.74, 6) is 0.0810. The van der Waals surface area contributed by atoms with Crippen LogP contribution in [0.15, 0.2) is 18.2 Å². The van der Waals surface area contributed by atoms with Crippen LogP contribution in [-0.4, -0.2) is 8.76 Å². The molecule has 0 bridgehead atoms. The van der Waals surface area contributed by atoms with Gasteiger partial charge in [-0.2, -0.15) is 0 Å². The van der Waals surface area contributed by atoms with E-state index in [-0.39, 0.29) is 11.4 Å². The zero-order valence-electron chi connectivity index (χ0n) is 6.02. The van der Waals surface area contributed by atoms with E-state index in [1.54, 1.807) is 0 Å². The van der Waals surface area contributed by atoms with Crippen molar-refractivity contribution in [3.05, 3.63) is 18.2 Å². The van der Waals surface area contributed by atoms with E-state index in [9.17, 15) is 8.76 Å². The molecule has 12 heavy (non-hydrogen) atoms. The fraction of sp³-hybridized carbons (Fsp3) is 0. The first kappa shape index (κ1) is 8.82. The van der Waals surface area contributed by atoms with Crippen LogP contribution in [0.25, 0.3) is 0 Å². The zero-order valence-corrected chi connectivity index (χ0v) is 6.84. The van der Waals surface area contributed by atoms with Gasteiger partial charge in [0.25, 0.3) is 0 Å². The molecule has 4 N–H and O–H groups in total. The van der Waals surface area contributed by atoms with Crippen molar-refractivity contribution in [1.82, 2.24) is 0 Å². The minimum absolute atomic E-state index is 0.0810. The summed E-state index contributed by atoms with van der Waals surface area (Å²) in [4.78, 5) is 0. The van der Waals surface area contributed by atoms with Gasteiger partial charge >= 0.3 is 0 Å². The summed E-state index contributed by atoms with van der Waals surface area (Å²) in [7, 11) is 0. The predicted octanol–water partition coefficient (Wildman–Crippen LogP) is 0.0239. The predicted molar refractivity (Wildman–Crippen MR) is 44.8 cm³/mol. The third-order valence-electron chi connectivity index (χ3n) is 1.19. The SMILES string of the molecule is Nc1ccc(OS(=O)[O-])c(N)c1. The van der Waals surface area contributed by atoms with Crippen molar-refractivity contribution < 1.29 is 12.9 Å². The second-order valence-electron chi connectivity index (χ2n) is 2.08. The van der Waals surface area contributed by atoms with Gasteiger partial charge in [-0.25, -0.2) is 4.21 Å². The van der Waals surface area contributed by atoms with E-state index < -0.39 is 11.4 Å². The van der Waals surface area contributed by atoms with E-state index in [1.807, 2.05) is 0 Å². The molecule has 0 fully saturated rings. The highest BCUT2D eigenvalue weighted by Crippen LogP contribution is 2.23. The third kappa shape index (κ3) is 2.11. The van der Waals surface area contributed by atoms with Gasteiger partial charge in [0.05, 0.1) is 5.69 Å². The van der Waals surface area contributed by atoms with Crippen LogP contribution in [0.3, 0.4) is 0 Å². The van der Waals surface area contributed by atoms with E-state index in [0.29, 0.717) is 5.69 Å². The first-order chi connectivity index (χ1) is 5.59. The molecule has 0 saturated carbocycles. The summed E-state index contributed by atoms with van der Waals surface area (Å²) in [6.07, 6.45) is 0. The van der Waals surface area contributed by atoms with Crippen LogP contribution >= 0.6 is 0 Å². The molecule has 1 unspecified atom stereocenters. The third-order valence-corrected chi connectivity index (χ3v) is 1.51. The molecule has 0 radical (unpaired) electrons. The summed E-state index contributed by atoms with van der Waals surface area (Å²) >= 11 is -2.60. The summed E-state index contributed by atoms with van der Waals surface area (Å²) < 4.78 is 24.5. The minimum atomic E-state index is -2.60. The Kier molecular flexibility index (Phi) is 2.51. The van der Waals surface area contributed by atoms with E-state index in [4.69, 9.17) is 11.5 Å². The van der Waals surface area contributed by atoms with Crippen molar-refractivity contribution in [1.29, 1.82) is 0 Å². The Balaban J connectivity index is 2.93. The van der Waals surface area contributed by atoms with Crippen LogP contribution in [0, 0.1) is 0 Å². The summed E-state index contributed by atoms with van der Waals surface area (Å²) in [5, 5.41) is 0. The second-order valence-corrected chi connectivity index (χ2v) is 2.66. The number of nitrogen functional groups attached to an aromatic ring is 2. The second kappa shape index (κ2) is 3.42. The fourth-order valence-electron chi connectivity index (χ4n) is 0.716. The molecular formula is C6H7N2O3S-. The number of benzene rings is 1. The fourth-order valence-corrected chi connectivity index (χ4v) is 1.01. The monoisotopic (exact) mass is 187 g/mol. The molecule has 0 saturated heterocycles. The van der Waals surface area contributed by atoms with Crippen LogP contribution in [0.1, 0.15) is 0 Å². The summed E-state index contributed by atoms with van der Waals surface area (Å²) in [5.41, 5.74) is 11.4. The van der Waals surface area contributed by atoms with Crippen molar-refractivity contribution in [3.63, 3.8) is 0 Å². The van der Waals surface area contributed by atoms with Gasteiger partial charge in [0, 0.05) is 5.69 Å². The molecule has 0 spiro atoms. The van der Waals surface area contributed by atoms with Gasteiger partial charge in [0.2, 0.25) is 0 Å². The van der Waals surface area contributed by atoms with Crippen LogP contribution in [0.5, 0.6) is 5.75 Å². The molecular weight excluding hydrogens is 180 g/mol. The van der Waals surface area contributed by atoms with Crippen LogP contribution in [0.4, 0.5) is 11.4 Å². The van der Waals surface area contributed by atoms with Gasteiger partial charge in [-0.15, -0.1) is 0 Å². The van der Waals surface area contributed by atoms with Crippen LogP contribution < -0.4 is 15.7 Å². The topological polar surface area (TPSA) is 101 Å². The Morgan fingerprint density at radius 3 is 2.58 bits per heavy atom. The molecule has 5 nitrogen and oxygen atoms in total. The molecule has 1 aromatic carbocycles. The highest BCUT2D eigenvalue weighted by molar-refractivity contribution is 7.74. The van der Waals surface area contributed by atoms with Gasteiger partial charge in [-0.05, 0) is 18.2 Å². The number of hydrogen-bond donors (Lipinski definition) is 2. The molecule has 0 aliphatic rings. The van der Waals surface area contributed by atoms with E-state index >= 15 is 0 Å². The summed E-state index contributed by atoms with van der Waals surface area (Å²) in [6.45, 7) is 0. The van der Waals surface area contributed by atoms with E-state index in [2.05, 4.69) is 4.18 Å². The van der Waals surface area contributed by atoms with Gasteiger partial charge in [0.15, 0.2) is 5.75 Å². The van der Waals surface area contributed by atoms with Gasteiger partial charge < -0.3 is 20.2 Å². The largest absolute Gasteiger partial charge is 0.740 e. The van der Waals surface area contributed by atoms with Crippen molar-refractivity contribution >= 4 is 22.7 Å². The Morgan fingerprint density at radius 2 is 2.08 bits per heavy atom. The van der Waals surface area contributed by atoms with Gasteiger partial charge in [0.1, 0.15) is 11.4 Å². The molecule has 0 aromatic heterocycles. The highest BCUT2D eigenvalue weighted by atomic mass is 32.2. The first-order valence-electron chi connectivity index (χ1n) is 3.02. The molecule has 6 heteroatoms. The highest BCUT2D eigenvalue weighted by Gasteiger charge is 1.99. The standard InChI is InChI=1S/C6H8N2O3S/c7-4-1-2-6(5(8)3-4)11-12(9)10/h1-3H,7-8H2,(H,9,10)/p-1. The molecule has 1 rings (SSSR count). The molecule has 0 aliphatic carbocycles. The normalized spacial score (nSPS) is 12.4. The maximum absolute atomic E-state index is 10.1. The van der Waals surface area contributed by atoms with Gasteiger partial charge in [-0.3, -0.25) is 0 Å². The first-order valence-corrected chi connectivity index (χ1v) is 4.02. The maximum Gasteiger partial charge on any atom is 0.162 e. The summed E-state index contributed by atoms with van der Waals surface area (Å²) in [6, 6.07) is 4.31. The average molecular weight is 187 g/mol. The molecule has 0 heterocycles. The van der Waals surface area contributed by atoms with E-state index in [0.717, 1.165) is 0 Å². The number of nitrogens with two attached hydrogens (primary N) is 2. The maximum atomic E-state index is 10.1. The Labute approximate surface area is 71.8 Å². The van der Waals surface area contributed by atoms with Crippen molar-refractivity contribution in [2.45, 2.75) is 0 Å².